The average molecular weight is 288 g/mol. The van der Waals surface area contributed by atoms with Crippen molar-refractivity contribution < 1.29 is 17.9 Å². The van der Waals surface area contributed by atoms with E-state index < -0.39 is 9.05 Å². The topological polar surface area (TPSA) is 72.5 Å². The minimum Gasteiger partial charge on any atom is -0.484 e. The van der Waals surface area contributed by atoms with Crippen molar-refractivity contribution in [1.82, 2.24) is 5.32 Å². The summed E-state index contributed by atoms with van der Waals surface area (Å²) in [5.41, 5.74) is 0. The Morgan fingerprint density at radius 1 is 1.39 bits per heavy atom. The van der Waals surface area contributed by atoms with Gasteiger partial charge in [0.05, 0.1) is 11.4 Å². The third-order valence-electron chi connectivity index (χ3n) is 1.86. The van der Waals surface area contributed by atoms with Gasteiger partial charge >= 0.3 is 0 Å². The SMILES string of the molecule is C#CCNC(=O)COc1ccc(S(=O)(=O)Cl)cc1. The summed E-state index contributed by atoms with van der Waals surface area (Å²) in [7, 11) is 1.40. The lowest BCUT2D eigenvalue weighted by Gasteiger charge is -2.06. The quantitative estimate of drug-likeness (QED) is 0.640. The van der Waals surface area contributed by atoms with Crippen molar-refractivity contribution in [3.8, 4) is 18.1 Å². The smallest absolute Gasteiger partial charge is 0.261 e. The standard InChI is InChI=1S/C11H10ClNO4S/c1-2-7-13-11(14)8-17-9-3-5-10(6-4-9)18(12,15)16/h1,3-6H,7-8H2,(H,13,14). The molecule has 0 spiro atoms. The van der Waals surface area contributed by atoms with Crippen LogP contribution in [-0.4, -0.2) is 27.5 Å². The Labute approximate surface area is 110 Å². The van der Waals surface area contributed by atoms with Crippen LogP contribution in [0.1, 0.15) is 0 Å². The van der Waals surface area contributed by atoms with E-state index in [-0.39, 0.29) is 24.0 Å². The summed E-state index contributed by atoms with van der Waals surface area (Å²) < 4.78 is 27.1. The zero-order valence-corrected chi connectivity index (χ0v) is 10.8. The molecule has 0 atom stereocenters. The van der Waals surface area contributed by atoms with Crippen molar-refractivity contribution in [1.29, 1.82) is 0 Å². The molecule has 1 amide bonds. The second-order valence-corrected chi connectivity index (χ2v) is 5.74. The molecule has 0 bridgehead atoms. The first-order chi connectivity index (χ1) is 8.43. The Hall–Kier alpha value is -1.71. The van der Waals surface area contributed by atoms with Crippen molar-refractivity contribution in [3.63, 3.8) is 0 Å². The van der Waals surface area contributed by atoms with Crippen LogP contribution in [-0.2, 0) is 13.8 Å². The maximum absolute atomic E-state index is 11.2. The van der Waals surface area contributed by atoms with Crippen LogP contribution in [0.2, 0.25) is 0 Å². The molecular weight excluding hydrogens is 278 g/mol. The van der Waals surface area contributed by atoms with Crippen molar-refractivity contribution in [3.05, 3.63) is 24.3 Å². The minimum atomic E-state index is -3.75. The highest BCUT2D eigenvalue weighted by atomic mass is 35.7. The number of hydrogen-bond acceptors (Lipinski definition) is 4. The molecule has 18 heavy (non-hydrogen) atoms. The van der Waals surface area contributed by atoms with E-state index in [1.807, 2.05) is 0 Å². The second kappa shape index (κ2) is 6.28. The molecule has 1 N–H and O–H groups in total. The van der Waals surface area contributed by atoms with Crippen LogP contribution in [0.4, 0.5) is 0 Å². The molecule has 1 aromatic carbocycles. The number of carbonyl (C=O) groups excluding carboxylic acids is 1. The van der Waals surface area contributed by atoms with Gasteiger partial charge in [-0.05, 0) is 24.3 Å². The molecule has 0 aliphatic heterocycles. The highest BCUT2D eigenvalue weighted by molar-refractivity contribution is 8.13. The summed E-state index contributed by atoms with van der Waals surface area (Å²) in [5.74, 6) is 2.25. The molecule has 0 saturated carbocycles. The molecule has 0 unspecified atom stereocenters. The predicted octanol–water partition coefficient (Wildman–Crippen LogP) is 0.742. The highest BCUT2D eigenvalue weighted by Gasteiger charge is 2.09. The Morgan fingerprint density at radius 2 is 2.00 bits per heavy atom. The third-order valence-corrected chi connectivity index (χ3v) is 3.23. The number of benzene rings is 1. The van der Waals surface area contributed by atoms with E-state index in [1.54, 1.807) is 0 Å². The Morgan fingerprint density at radius 3 is 2.50 bits per heavy atom. The van der Waals surface area contributed by atoms with Gasteiger partial charge in [-0.3, -0.25) is 4.79 Å². The maximum atomic E-state index is 11.2. The van der Waals surface area contributed by atoms with Crippen LogP contribution in [0, 0.1) is 12.3 Å². The number of rotatable bonds is 5. The van der Waals surface area contributed by atoms with Crippen molar-refractivity contribution in [2.75, 3.05) is 13.2 Å². The fourth-order valence-corrected chi connectivity index (χ4v) is 1.82. The molecule has 0 radical (unpaired) electrons. The normalized spacial score (nSPS) is 10.4. The molecule has 5 nitrogen and oxygen atoms in total. The van der Waals surface area contributed by atoms with E-state index in [2.05, 4.69) is 11.2 Å². The Kier molecular flexibility index (Phi) is 5.01. The van der Waals surface area contributed by atoms with E-state index in [1.165, 1.54) is 24.3 Å². The van der Waals surface area contributed by atoms with Crippen molar-refractivity contribution >= 4 is 25.6 Å². The van der Waals surface area contributed by atoms with Gasteiger partial charge in [-0.2, -0.15) is 0 Å². The first kappa shape index (κ1) is 14.4. The number of hydrogen-bond donors (Lipinski definition) is 1. The van der Waals surface area contributed by atoms with Gasteiger partial charge in [0.2, 0.25) is 0 Å². The highest BCUT2D eigenvalue weighted by Crippen LogP contribution is 2.18. The van der Waals surface area contributed by atoms with E-state index in [0.717, 1.165) is 0 Å². The lowest BCUT2D eigenvalue weighted by Crippen LogP contribution is -2.28. The number of carbonyl (C=O) groups is 1. The van der Waals surface area contributed by atoms with Crippen LogP contribution in [0.25, 0.3) is 0 Å². The maximum Gasteiger partial charge on any atom is 0.261 e. The summed E-state index contributed by atoms with van der Waals surface area (Å²) in [4.78, 5) is 11.1. The van der Waals surface area contributed by atoms with E-state index in [4.69, 9.17) is 21.8 Å². The molecule has 0 aromatic heterocycles. The van der Waals surface area contributed by atoms with E-state index in [9.17, 15) is 13.2 Å². The summed E-state index contributed by atoms with van der Waals surface area (Å²) in [6, 6.07) is 5.39. The lowest BCUT2D eigenvalue weighted by molar-refractivity contribution is -0.122. The molecule has 0 fully saturated rings. The lowest BCUT2D eigenvalue weighted by atomic mass is 10.3. The monoisotopic (exact) mass is 287 g/mol. The molecule has 7 heteroatoms. The zero-order chi connectivity index (χ0) is 13.6. The van der Waals surface area contributed by atoms with Gasteiger partial charge in [0.1, 0.15) is 5.75 Å². The summed E-state index contributed by atoms with van der Waals surface area (Å²) >= 11 is 0. The van der Waals surface area contributed by atoms with Crippen LogP contribution in [0.3, 0.4) is 0 Å². The van der Waals surface area contributed by atoms with Gasteiger partial charge in [-0.1, -0.05) is 5.92 Å². The molecule has 0 saturated heterocycles. The Bertz CT molecular complexity index is 560. The third kappa shape index (κ3) is 4.65. The minimum absolute atomic E-state index is 0.0340. The molecule has 0 aliphatic carbocycles. The first-order valence-electron chi connectivity index (χ1n) is 4.81. The molecule has 0 aliphatic rings. The number of halogens is 1. The summed E-state index contributed by atoms with van der Waals surface area (Å²) in [6.07, 6.45) is 4.97. The molecular formula is C11H10ClNO4S. The second-order valence-electron chi connectivity index (χ2n) is 3.18. The summed E-state index contributed by atoms with van der Waals surface area (Å²) in [5, 5.41) is 2.42. The van der Waals surface area contributed by atoms with E-state index >= 15 is 0 Å². The van der Waals surface area contributed by atoms with Crippen LogP contribution in [0.15, 0.2) is 29.2 Å². The van der Waals surface area contributed by atoms with Crippen molar-refractivity contribution in [2.24, 2.45) is 0 Å². The van der Waals surface area contributed by atoms with Crippen LogP contribution < -0.4 is 10.1 Å². The number of nitrogens with one attached hydrogen (secondary N) is 1. The molecule has 0 heterocycles. The molecule has 1 aromatic rings. The van der Waals surface area contributed by atoms with Crippen molar-refractivity contribution in [2.45, 2.75) is 4.90 Å². The largest absolute Gasteiger partial charge is 0.484 e. The summed E-state index contributed by atoms with van der Waals surface area (Å²) in [6.45, 7) is -0.0692. The fraction of sp³-hybridized carbons (Fsp3) is 0.182. The molecule has 1 rings (SSSR count). The predicted molar refractivity (Wildman–Crippen MR) is 66.8 cm³/mol. The fourth-order valence-electron chi connectivity index (χ4n) is 1.05. The number of terminal acetylenes is 1. The van der Waals surface area contributed by atoms with Crippen LogP contribution in [0.5, 0.6) is 5.75 Å². The van der Waals surface area contributed by atoms with Gasteiger partial charge in [-0.15, -0.1) is 6.42 Å². The van der Waals surface area contributed by atoms with Gasteiger partial charge in [0.15, 0.2) is 6.61 Å². The van der Waals surface area contributed by atoms with E-state index in [0.29, 0.717) is 5.75 Å². The number of ether oxygens (including phenoxy) is 1. The van der Waals surface area contributed by atoms with Crippen LogP contribution >= 0.6 is 10.7 Å². The average Bonchev–Trinajstić information content (AvgIpc) is 2.33. The Balaban J connectivity index is 2.55. The molecule has 96 valence electrons. The van der Waals surface area contributed by atoms with Gasteiger partial charge in [-0.25, -0.2) is 8.42 Å². The first-order valence-corrected chi connectivity index (χ1v) is 7.12. The van der Waals surface area contributed by atoms with Gasteiger partial charge in [0, 0.05) is 10.7 Å². The zero-order valence-electron chi connectivity index (χ0n) is 9.22. The van der Waals surface area contributed by atoms with Gasteiger partial charge < -0.3 is 10.1 Å². The number of amides is 1. The van der Waals surface area contributed by atoms with Gasteiger partial charge in [0.25, 0.3) is 15.0 Å².